The average molecular weight is 1140 g/mol. The molecule has 1 unspecified atom stereocenters. The number of aromatic nitrogens is 6. The van der Waals surface area contributed by atoms with Crippen molar-refractivity contribution in [2.24, 2.45) is 0 Å². The van der Waals surface area contributed by atoms with Gasteiger partial charge in [0.05, 0.1) is 54.7 Å². The van der Waals surface area contributed by atoms with E-state index < -0.39 is 18.4 Å². The molecule has 3 aromatic heterocycles. The van der Waals surface area contributed by atoms with Crippen molar-refractivity contribution in [1.29, 1.82) is 0 Å². The van der Waals surface area contributed by atoms with Gasteiger partial charge < -0.3 is 46.4 Å². The molecular weight excluding hydrogens is 1060 g/mol. The Morgan fingerprint density at radius 1 is 0.581 bits per heavy atom. The van der Waals surface area contributed by atoms with Crippen LogP contribution in [0, 0.1) is 0 Å². The van der Waals surface area contributed by atoms with Crippen LogP contribution in [0.3, 0.4) is 0 Å². The van der Waals surface area contributed by atoms with Gasteiger partial charge in [0.15, 0.2) is 22.6 Å². The fourth-order valence-corrected chi connectivity index (χ4v) is 25.0. The number of aromatic hydroxyl groups is 2. The molecule has 10 rings (SSSR count). The number of nitrogens with zero attached hydrogens (tertiary/aromatic N) is 6. The summed E-state index contributed by atoms with van der Waals surface area (Å²) in [5.41, 5.74) is 22.0. The monoisotopic (exact) mass is 1140 g/mol. The molecule has 18 heteroatoms. The molecule has 1 atom stereocenters. The molecule has 1 fully saturated rings. The summed E-state index contributed by atoms with van der Waals surface area (Å²) in [5, 5.41) is 43.3. The maximum absolute atomic E-state index is 9.86. The topological polar surface area (TPSA) is 242 Å². The standard InChI is InChI=1S/C14H15N3O2.C14H13N3O2.C8H8ClN3O.C4H6O.C4H5O.3C4H9.Sn/c2*15-14-10(13-6-3-7-19-13)8-11(16-17-14)9-4-1-2-5-12(9)18;9-7-4-5(8(10)12-11-7)6-2-1-3-13-6;2*1-2-4-5-3-1;3*1-3-4-2;/h1-2,4-5,8,13,18H,3,6-7H2,(H2,15,17);1-2,4-6,8,18H,3,7H2,(H2,15,17);2,4H,1,3H2,(H2,10,12);1,3H,2,4H2;1H,2,4H2;3*1,3-4H2,2H3;. The average Bonchev–Trinajstić information content (AvgIpc) is 4.29. The molecule has 0 aliphatic carbocycles. The third-order valence-corrected chi connectivity index (χ3v) is 28.3. The van der Waals surface area contributed by atoms with E-state index in [0.29, 0.717) is 63.9 Å². The molecule has 0 bridgehead atoms. The molecule has 1 saturated heterocycles. The number of hydrogen-bond acceptors (Lipinski definition) is 16. The van der Waals surface area contributed by atoms with E-state index in [9.17, 15) is 10.2 Å². The van der Waals surface area contributed by atoms with Crippen molar-refractivity contribution >= 4 is 58.9 Å². The van der Waals surface area contributed by atoms with E-state index in [1.807, 2.05) is 36.4 Å². The molecule has 2 aromatic carbocycles. The van der Waals surface area contributed by atoms with E-state index in [-0.39, 0.29) is 17.6 Å². The first-order valence-corrected chi connectivity index (χ1v) is 33.9. The van der Waals surface area contributed by atoms with Crippen LogP contribution < -0.4 is 17.2 Å². The Bertz CT molecular complexity index is 2650. The van der Waals surface area contributed by atoms with Crippen molar-refractivity contribution in [3.8, 4) is 34.0 Å². The number of phenols is 2. The van der Waals surface area contributed by atoms with E-state index in [2.05, 4.69) is 57.4 Å². The van der Waals surface area contributed by atoms with Crippen molar-refractivity contribution in [2.75, 3.05) is 50.2 Å². The quantitative estimate of drug-likeness (QED) is 0.0612. The van der Waals surface area contributed by atoms with Crippen LogP contribution in [0.2, 0.25) is 18.5 Å². The molecule has 74 heavy (non-hydrogen) atoms. The summed E-state index contributed by atoms with van der Waals surface area (Å²) in [6, 6.07) is 19.3. The van der Waals surface area contributed by atoms with Crippen LogP contribution in [0.15, 0.2) is 101 Å². The van der Waals surface area contributed by atoms with Crippen LogP contribution >= 0.6 is 11.6 Å². The summed E-state index contributed by atoms with van der Waals surface area (Å²) in [4.78, 5) is 0. The minimum absolute atomic E-state index is 0.0138. The molecule has 396 valence electrons. The number of nitrogen functional groups attached to an aromatic ring is 3. The zero-order valence-electron chi connectivity index (χ0n) is 43.2. The molecule has 0 spiro atoms. The summed E-state index contributed by atoms with van der Waals surface area (Å²) in [7, 11) is 0. The minimum Gasteiger partial charge on any atom is -0.507 e. The fraction of sp³-hybridized carbons (Fsp3) is 0.429. The first kappa shape index (κ1) is 57.2. The van der Waals surface area contributed by atoms with Gasteiger partial charge in [-0.05, 0) is 73.5 Å². The summed E-state index contributed by atoms with van der Waals surface area (Å²) in [6.07, 6.45) is 24.5. The van der Waals surface area contributed by atoms with Gasteiger partial charge in [0.1, 0.15) is 23.0 Å². The summed E-state index contributed by atoms with van der Waals surface area (Å²) >= 11 is 3.55. The molecule has 16 nitrogen and oxygen atoms in total. The number of rotatable bonds is 15. The smallest absolute Gasteiger partial charge is 0.157 e. The third-order valence-electron chi connectivity index (χ3n) is 12.9. The van der Waals surface area contributed by atoms with Crippen LogP contribution in [0.5, 0.6) is 11.5 Å². The van der Waals surface area contributed by atoms with Crippen LogP contribution in [-0.4, -0.2) is 92.2 Å². The van der Waals surface area contributed by atoms with Gasteiger partial charge in [-0.15, -0.1) is 30.6 Å². The van der Waals surface area contributed by atoms with Gasteiger partial charge in [0, 0.05) is 42.6 Å². The number of ether oxygens (including phenoxy) is 5. The first-order valence-electron chi connectivity index (χ1n) is 26.1. The number of benzene rings is 2. The second kappa shape index (κ2) is 30.3. The molecule has 0 saturated carbocycles. The molecule has 0 radical (unpaired) electrons. The molecular formula is C56H74ClN9O7Sn. The fourth-order valence-electron chi connectivity index (χ4n) is 8.94. The van der Waals surface area contributed by atoms with E-state index in [1.165, 1.54) is 58.3 Å². The maximum Gasteiger partial charge on any atom is 0.157 e. The number of unbranched alkanes of at least 4 members (excludes halogenated alkanes) is 3. The Labute approximate surface area is 445 Å². The molecule has 5 aliphatic heterocycles. The molecule has 0 amide bonds. The van der Waals surface area contributed by atoms with Crippen LogP contribution in [0.25, 0.3) is 34.0 Å². The summed E-state index contributed by atoms with van der Waals surface area (Å²) in [5.74, 6) is 2.88. The number of halogens is 1. The van der Waals surface area contributed by atoms with Gasteiger partial charge in [0.25, 0.3) is 0 Å². The van der Waals surface area contributed by atoms with Gasteiger partial charge in [-0.1, -0.05) is 35.9 Å². The van der Waals surface area contributed by atoms with Gasteiger partial charge in [-0.25, -0.2) is 0 Å². The first-order chi connectivity index (χ1) is 36.1. The molecule has 5 aromatic rings. The second-order valence-corrected chi connectivity index (χ2v) is 31.7. The van der Waals surface area contributed by atoms with E-state index in [1.54, 1.807) is 58.6 Å². The normalized spacial score (nSPS) is 16.2. The van der Waals surface area contributed by atoms with Gasteiger partial charge in [-0.3, -0.25) is 0 Å². The number of anilines is 3. The number of nitrogens with two attached hydrogens (primary N) is 3. The molecule has 8 N–H and O–H groups in total. The largest absolute Gasteiger partial charge is 0.507 e. The Morgan fingerprint density at radius 3 is 1.57 bits per heavy atom. The van der Waals surface area contributed by atoms with Crippen molar-refractivity contribution in [3.05, 3.63) is 123 Å². The number of para-hydroxylation sites is 2. The van der Waals surface area contributed by atoms with Gasteiger partial charge in [0.2, 0.25) is 0 Å². The number of phenolic OH excluding ortho intramolecular Hbond substituents is 2. The third kappa shape index (κ3) is 16.7. The van der Waals surface area contributed by atoms with E-state index in [0.717, 1.165) is 74.6 Å². The molecule has 5 aliphatic rings. The Balaban J connectivity index is 0.000000157. The SMILES string of the molecule is C1=COCC1.CCC[CH2][Sn]([CH2]CCC)([CH2]CCC)[C]1=CCCO1.Nc1nnc(-c2ccccc2O)cc1C1=CCCO1.Nc1nnc(-c2ccccc2O)cc1C1CCCO1.Nc1nnc(Cl)cc1C1=CCCO1. The Kier molecular flexibility index (Phi) is 23.4. The van der Waals surface area contributed by atoms with Crippen molar-refractivity contribution in [1.82, 2.24) is 30.6 Å². The second-order valence-electron chi connectivity index (χ2n) is 18.3. The molecule has 8 heterocycles. The van der Waals surface area contributed by atoms with Crippen molar-refractivity contribution in [3.63, 3.8) is 0 Å². The zero-order chi connectivity index (χ0) is 52.5. The van der Waals surface area contributed by atoms with Crippen LogP contribution in [0.4, 0.5) is 17.5 Å². The maximum atomic E-state index is 9.86. The van der Waals surface area contributed by atoms with Crippen molar-refractivity contribution < 1.29 is 33.9 Å². The zero-order valence-corrected chi connectivity index (χ0v) is 46.8. The predicted octanol–water partition coefficient (Wildman–Crippen LogP) is 12.5. The predicted molar refractivity (Wildman–Crippen MR) is 297 cm³/mol. The Hall–Kier alpha value is -6.11. The number of hydrogen-bond donors (Lipinski definition) is 5. The van der Waals surface area contributed by atoms with Gasteiger partial charge in [-0.2, -0.15) is 0 Å². The van der Waals surface area contributed by atoms with Gasteiger partial charge >= 0.3 is 119 Å². The van der Waals surface area contributed by atoms with Crippen LogP contribution in [-0.2, 0) is 23.7 Å². The summed E-state index contributed by atoms with van der Waals surface area (Å²) < 4.78 is 33.5. The minimum atomic E-state index is -2.14. The summed E-state index contributed by atoms with van der Waals surface area (Å²) in [6.45, 7) is 11.0. The van der Waals surface area contributed by atoms with E-state index >= 15 is 0 Å². The van der Waals surface area contributed by atoms with Crippen molar-refractivity contribution in [2.45, 2.75) is 117 Å². The van der Waals surface area contributed by atoms with E-state index in [4.69, 9.17) is 52.5 Å². The van der Waals surface area contributed by atoms with Crippen LogP contribution in [0.1, 0.15) is 121 Å². The Morgan fingerprint density at radius 2 is 1.11 bits per heavy atom.